The first-order chi connectivity index (χ1) is 16.0. The van der Waals surface area contributed by atoms with Gasteiger partial charge >= 0.3 is 0 Å². The van der Waals surface area contributed by atoms with Crippen LogP contribution in [0.2, 0.25) is 0 Å². The molecule has 3 aliphatic heterocycles. The number of pyridine rings is 1. The topological polar surface area (TPSA) is 77.6 Å². The molecule has 4 unspecified atom stereocenters. The summed E-state index contributed by atoms with van der Waals surface area (Å²) in [5, 5.41) is 1.94. The second kappa shape index (κ2) is 9.39. The number of fused-ring (bicyclic) bond motifs is 1. The Morgan fingerprint density at radius 1 is 1.00 bits per heavy atom. The van der Waals surface area contributed by atoms with Crippen LogP contribution in [0.15, 0.2) is 36.5 Å². The van der Waals surface area contributed by atoms with Crippen molar-refractivity contribution in [3.05, 3.63) is 42.2 Å². The van der Waals surface area contributed by atoms with Crippen molar-refractivity contribution in [2.75, 3.05) is 19.6 Å². The summed E-state index contributed by atoms with van der Waals surface area (Å²) in [5.74, 6) is 0.621. The van der Waals surface area contributed by atoms with Crippen LogP contribution < -0.4 is 10.9 Å². The van der Waals surface area contributed by atoms with E-state index in [-0.39, 0.29) is 23.8 Å². The zero-order chi connectivity index (χ0) is 22.9. The zero-order valence-electron chi connectivity index (χ0n) is 19.7. The average molecular weight is 450 g/mol. The Morgan fingerprint density at radius 2 is 1.73 bits per heavy atom. The van der Waals surface area contributed by atoms with E-state index < -0.39 is 0 Å². The summed E-state index contributed by atoms with van der Waals surface area (Å²) >= 11 is 0. The van der Waals surface area contributed by atoms with Gasteiger partial charge in [0.2, 0.25) is 5.91 Å². The summed E-state index contributed by atoms with van der Waals surface area (Å²) in [6.07, 6.45) is 6.90. The number of nitrogens with one attached hydrogen (secondary N) is 2. The van der Waals surface area contributed by atoms with E-state index in [1.807, 2.05) is 35.2 Å². The minimum absolute atomic E-state index is 0.00588. The van der Waals surface area contributed by atoms with E-state index in [1.54, 1.807) is 6.20 Å². The van der Waals surface area contributed by atoms with E-state index in [2.05, 4.69) is 34.6 Å². The Bertz CT molecular complexity index is 1000. The normalized spacial score (nSPS) is 28.9. The van der Waals surface area contributed by atoms with Crippen LogP contribution in [-0.4, -0.2) is 64.4 Å². The highest BCUT2D eigenvalue weighted by atomic mass is 16.2. The first kappa shape index (κ1) is 22.3. The van der Waals surface area contributed by atoms with Gasteiger partial charge in [-0.2, -0.15) is 0 Å². The van der Waals surface area contributed by atoms with Crippen LogP contribution in [0.1, 0.15) is 56.4 Å². The third-order valence-corrected chi connectivity index (χ3v) is 8.00. The second-order valence-corrected chi connectivity index (χ2v) is 10.0. The van der Waals surface area contributed by atoms with Crippen molar-refractivity contribution in [3.8, 4) is 0 Å². The molecular weight excluding hydrogens is 414 g/mol. The van der Waals surface area contributed by atoms with Gasteiger partial charge in [-0.3, -0.25) is 25.4 Å². The number of hydrogen-bond acceptors (Lipinski definition) is 5. The van der Waals surface area contributed by atoms with Crippen LogP contribution in [0.5, 0.6) is 0 Å². The van der Waals surface area contributed by atoms with Gasteiger partial charge in [0.25, 0.3) is 5.91 Å². The molecule has 7 heteroatoms. The lowest BCUT2D eigenvalue weighted by atomic mass is 9.81. The monoisotopic (exact) mass is 449 g/mol. The average Bonchev–Trinajstić information content (AvgIpc) is 3.33. The van der Waals surface area contributed by atoms with Crippen molar-refractivity contribution >= 4 is 22.6 Å². The molecule has 3 saturated heterocycles. The van der Waals surface area contributed by atoms with Crippen molar-refractivity contribution in [2.45, 2.75) is 64.1 Å². The lowest BCUT2D eigenvalue weighted by molar-refractivity contribution is -0.142. The van der Waals surface area contributed by atoms with Crippen LogP contribution in [0.4, 0.5) is 0 Å². The van der Waals surface area contributed by atoms with Gasteiger partial charge < -0.3 is 9.80 Å². The fourth-order valence-corrected chi connectivity index (χ4v) is 6.15. The van der Waals surface area contributed by atoms with Crippen molar-refractivity contribution in [3.63, 3.8) is 0 Å². The van der Waals surface area contributed by atoms with Crippen molar-refractivity contribution in [1.29, 1.82) is 0 Å². The van der Waals surface area contributed by atoms with E-state index in [0.717, 1.165) is 36.5 Å². The SMILES string of the molecule is CC1CCCC(C)N1C(=O)C1CNNC1C1CCN(C(=O)c2nccc3ccccc23)CC1. The number of nitrogens with zero attached hydrogens (tertiary/aromatic N) is 3. The summed E-state index contributed by atoms with van der Waals surface area (Å²) in [6, 6.07) is 10.6. The van der Waals surface area contributed by atoms with Gasteiger partial charge in [0, 0.05) is 49.3 Å². The third-order valence-electron chi connectivity index (χ3n) is 8.00. The van der Waals surface area contributed by atoms with Crippen molar-refractivity contribution < 1.29 is 9.59 Å². The maximum atomic E-state index is 13.5. The maximum Gasteiger partial charge on any atom is 0.273 e. The van der Waals surface area contributed by atoms with Crippen LogP contribution in [0.3, 0.4) is 0 Å². The number of carbonyl (C=O) groups excluding carboxylic acids is 2. The summed E-state index contributed by atoms with van der Waals surface area (Å²) in [4.78, 5) is 35.3. The molecule has 7 nitrogen and oxygen atoms in total. The fourth-order valence-electron chi connectivity index (χ4n) is 6.15. The molecule has 0 aliphatic carbocycles. The molecule has 3 fully saturated rings. The molecule has 0 spiro atoms. The van der Waals surface area contributed by atoms with E-state index in [9.17, 15) is 9.59 Å². The van der Waals surface area contributed by atoms with Gasteiger partial charge in [-0.15, -0.1) is 0 Å². The summed E-state index contributed by atoms with van der Waals surface area (Å²) < 4.78 is 0. The number of hydrazine groups is 1. The number of carbonyl (C=O) groups is 2. The van der Waals surface area contributed by atoms with E-state index in [0.29, 0.717) is 43.3 Å². The highest BCUT2D eigenvalue weighted by molar-refractivity contribution is 6.05. The molecule has 4 heterocycles. The predicted octanol–water partition coefficient (Wildman–Crippen LogP) is 2.97. The lowest BCUT2D eigenvalue weighted by Gasteiger charge is -2.42. The quantitative estimate of drug-likeness (QED) is 0.753. The molecule has 4 atom stereocenters. The molecule has 2 N–H and O–H groups in total. The molecule has 2 amide bonds. The Balaban J connectivity index is 1.25. The molecular formula is C26H35N5O2. The zero-order valence-corrected chi connectivity index (χ0v) is 19.7. The Labute approximate surface area is 195 Å². The Hall–Kier alpha value is -2.51. The van der Waals surface area contributed by atoms with Gasteiger partial charge in [0.1, 0.15) is 5.69 Å². The molecule has 0 saturated carbocycles. The summed E-state index contributed by atoms with van der Waals surface area (Å²) in [5.41, 5.74) is 7.21. The van der Waals surface area contributed by atoms with Gasteiger partial charge in [-0.05, 0) is 63.3 Å². The first-order valence-corrected chi connectivity index (χ1v) is 12.5. The molecule has 2 aromatic rings. The fraction of sp³-hybridized carbons (Fsp3) is 0.577. The Kier molecular flexibility index (Phi) is 6.34. The highest BCUT2D eigenvalue weighted by Crippen LogP contribution is 2.31. The lowest BCUT2D eigenvalue weighted by Crippen LogP contribution is -2.54. The number of aromatic nitrogens is 1. The molecule has 1 aromatic carbocycles. The number of piperidine rings is 2. The second-order valence-electron chi connectivity index (χ2n) is 10.0. The molecule has 0 radical (unpaired) electrons. The number of likely N-dealkylation sites (tertiary alicyclic amines) is 2. The standard InChI is InChI=1S/C26H35N5O2/c1-17-6-5-7-18(2)31(17)25(32)22-16-28-29-23(22)20-11-14-30(15-12-20)26(33)24-21-9-4-3-8-19(21)10-13-27-24/h3-4,8-10,13,17-18,20,22-23,28-29H,5-7,11-12,14-16H2,1-2H3. The van der Waals surface area contributed by atoms with Crippen LogP contribution in [0.25, 0.3) is 10.8 Å². The van der Waals surface area contributed by atoms with Gasteiger partial charge in [0.05, 0.1) is 5.92 Å². The van der Waals surface area contributed by atoms with Gasteiger partial charge in [-0.1, -0.05) is 24.3 Å². The minimum Gasteiger partial charge on any atom is -0.337 e. The Morgan fingerprint density at radius 3 is 2.48 bits per heavy atom. The molecule has 33 heavy (non-hydrogen) atoms. The third kappa shape index (κ3) is 4.24. The highest BCUT2D eigenvalue weighted by Gasteiger charge is 2.43. The number of hydrogen-bond donors (Lipinski definition) is 2. The van der Waals surface area contributed by atoms with Crippen molar-refractivity contribution in [2.24, 2.45) is 11.8 Å². The predicted molar refractivity (Wildman–Crippen MR) is 128 cm³/mol. The van der Waals surface area contributed by atoms with Crippen molar-refractivity contribution in [1.82, 2.24) is 25.6 Å². The smallest absolute Gasteiger partial charge is 0.273 e. The van der Waals surface area contributed by atoms with E-state index in [1.165, 1.54) is 6.42 Å². The molecule has 5 rings (SSSR count). The number of benzene rings is 1. The molecule has 176 valence electrons. The number of amides is 2. The van der Waals surface area contributed by atoms with Crippen LogP contribution >= 0.6 is 0 Å². The molecule has 1 aromatic heterocycles. The summed E-state index contributed by atoms with van der Waals surface area (Å²) in [7, 11) is 0. The number of rotatable bonds is 3. The molecule has 0 bridgehead atoms. The minimum atomic E-state index is -0.0417. The largest absolute Gasteiger partial charge is 0.337 e. The van der Waals surface area contributed by atoms with Gasteiger partial charge in [0.15, 0.2) is 0 Å². The van der Waals surface area contributed by atoms with Crippen LogP contribution in [-0.2, 0) is 4.79 Å². The van der Waals surface area contributed by atoms with E-state index >= 15 is 0 Å². The summed E-state index contributed by atoms with van der Waals surface area (Å²) in [6.45, 7) is 6.44. The molecule has 3 aliphatic rings. The first-order valence-electron chi connectivity index (χ1n) is 12.5. The maximum absolute atomic E-state index is 13.5. The van der Waals surface area contributed by atoms with Crippen LogP contribution in [0, 0.1) is 11.8 Å². The van der Waals surface area contributed by atoms with E-state index in [4.69, 9.17) is 0 Å². The van der Waals surface area contributed by atoms with Gasteiger partial charge in [-0.25, -0.2) is 0 Å².